The van der Waals surface area contributed by atoms with Crippen molar-refractivity contribution in [3.63, 3.8) is 0 Å². The quantitative estimate of drug-likeness (QED) is 0.760. The van der Waals surface area contributed by atoms with Gasteiger partial charge in [0.1, 0.15) is 5.82 Å². The van der Waals surface area contributed by atoms with Crippen molar-refractivity contribution in [2.45, 2.75) is 6.42 Å². The average Bonchev–Trinajstić information content (AvgIpc) is 2.85. The predicted molar refractivity (Wildman–Crippen MR) is 76.9 cm³/mol. The lowest BCUT2D eigenvalue weighted by atomic mass is 10.1. The van der Waals surface area contributed by atoms with Gasteiger partial charge in [0, 0.05) is 28.9 Å². The number of aromatic nitrogens is 1. The molecule has 6 heteroatoms. The van der Waals surface area contributed by atoms with Crippen LogP contribution >= 0.6 is 0 Å². The molecule has 2 N–H and O–H groups in total. The molecule has 22 heavy (non-hydrogen) atoms. The molecule has 3 rings (SSSR count). The lowest BCUT2D eigenvalue weighted by Crippen LogP contribution is -2.14. The van der Waals surface area contributed by atoms with Crippen LogP contribution in [0.5, 0.6) is 0 Å². The van der Waals surface area contributed by atoms with Gasteiger partial charge in [-0.1, -0.05) is 0 Å². The lowest BCUT2D eigenvalue weighted by Gasteiger charge is -2.05. The van der Waals surface area contributed by atoms with Gasteiger partial charge in [0.25, 0.3) is 0 Å². The van der Waals surface area contributed by atoms with E-state index in [2.05, 4.69) is 10.3 Å². The van der Waals surface area contributed by atoms with Crippen LogP contribution in [0.3, 0.4) is 0 Å². The van der Waals surface area contributed by atoms with Crippen LogP contribution in [0.25, 0.3) is 10.9 Å². The van der Waals surface area contributed by atoms with E-state index in [0.717, 1.165) is 17.5 Å². The molecule has 0 unspecified atom stereocenters. The van der Waals surface area contributed by atoms with E-state index < -0.39 is 11.6 Å². The first-order valence-electron chi connectivity index (χ1n) is 6.53. The van der Waals surface area contributed by atoms with Crippen molar-refractivity contribution >= 4 is 22.5 Å². The Morgan fingerprint density at radius 3 is 2.64 bits per heavy atom. The maximum atomic E-state index is 13.1. The van der Waals surface area contributed by atoms with E-state index in [1.54, 1.807) is 12.3 Å². The van der Waals surface area contributed by atoms with Gasteiger partial charge in [0.2, 0.25) is 5.91 Å². The summed E-state index contributed by atoms with van der Waals surface area (Å²) in [6, 6.07) is 7.37. The zero-order chi connectivity index (χ0) is 15.7. The molecule has 1 aromatic heterocycles. The van der Waals surface area contributed by atoms with Crippen LogP contribution in [-0.4, -0.2) is 10.9 Å². The standard InChI is InChI=1S/C16H11F3N2O/c17-10-1-3-12-9(8-20-15(12)6-10)5-16(22)21-11-2-4-13(18)14(19)7-11/h1-4,6-8,20H,5H2,(H,21,22). The molecule has 0 aliphatic heterocycles. The van der Waals surface area contributed by atoms with Crippen molar-refractivity contribution in [2.24, 2.45) is 0 Å². The van der Waals surface area contributed by atoms with Crippen LogP contribution in [0.2, 0.25) is 0 Å². The Kier molecular flexibility index (Phi) is 3.58. The van der Waals surface area contributed by atoms with Gasteiger partial charge >= 0.3 is 0 Å². The van der Waals surface area contributed by atoms with E-state index in [0.29, 0.717) is 11.1 Å². The fraction of sp³-hybridized carbons (Fsp3) is 0.0625. The smallest absolute Gasteiger partial charge is 0.228 e. The third kappa shape index (κ3) is 2.81. The second kappa shape index (κ2) is 5.55. The first-order chi connectivity index (χ1) is 10.5. The highest BCUT2D eigenvalue weighted by atomic mass is 19.2. The Balaban J connectivity index is 1.76. The average molecular weight is 304 g/mol. The van der Waals surface area contributed by atoms with Crippen molar-refractivity contribution in [1.29, 1.82) is 0 Å². The number of hydrogen-bond donors (Lipinski definition) is 2. The first-order valence-corrected chi connectivity index (χ1v) is 6.53. The van der Waals surface area contributed by atoms with Gasteiger partial charge in [-0.15, -0.1) is 0 Å². The zero-order valence-corrected chi connectivity index (χ0v) is 11.3. The molecule has 0 saturated heterocycles. The largest absolute Gasteiger partial charge is 0.361 e. The summed E-state index contributed by atoms with van der Waals surface area (Å²) in [5.74, 6) is -2.75. The molecule has 1 heterocycles. The summed E-state index contributed by atoms with van der Waals surface area (Å²) in [4.78, 5) is 14.9. The highest BCUT2D eigenvalue weighted by Gasteiger charge is 2.11. The van der Waals surface area contributed by atoms with Crippen LogP contribution in [0.1, 0.15) is 5.56 Å². The summed E-state index contributed by atoms with van der Waals surface area (Å²) in [7, 11) is 0. The molecule has 0 fully saturated rings. The molecule has 112 valence electrons. The van der Waals surface area contributed by atoms with Crippen molar-refractivity contribution in [2.75, 3.05) is 5.32 Å². The molecule has 1 amide bonds. The molecule has 0 radical (unpaired) electrons. The number of H-pyrrole nitrogens is 1. The summed E-state index contributed by atoms with van der Waals surface area (Å²) in [5, 5.41) is 3.23. The Labute approximate surface area is 123 Å². The summed E-state index contributed by atoms with van der Waals surface area (Å²) in [6.45, 7) is 0. The van der Waals surface area contributed by atoms with E-state index in [9.17, 15) is 18.0 Å². The number of aromatic amines is 1. The number of benzene rings is 2. The molecule has 3 aromatic rings. The summed E-state index contributed by atoms with van der Waals surface area (Å²) in [6.07, 6.45) is 1.65. The van der Waals surface area contributed by atoms with Crippen LogP contribution in [0, 0.1) is 17.5 Å². The zero-order valence-electron chi connectivity index (χ0n) is 11.3. The normalized spacial score (nSPS) is 10.9. The number of amides is 1. The summed E-state index contributed by atoms with van der Waals surface area (Å²) >= 11 is 0. The first kappa shape index (κ1) is 14.2. The Morgan fingerprint density at radius 1 is 1.05 bits per heavy atom. The second-order valence-electron chi connectivity index (χ2n) is 4.86. The molecule has 0 atom stereocenters. The predicted octanol–water partition coefficient (Wildman–Crippen LogP) is 3.77. The number of halogens is 3. The topological polar surface area (TPSA) is 44.9 Å². The minimum Gasteiger partial charge on any atom is -0.361 e. The van der Waals surface area contributed by atoms with Crippen molar-refractivity contribution in [3.8, 4) is 0 Å². The highest BCUT2D eigenvalue weighted by Crippen LogP contribution is 2.20. The van der Waals surface area contributed by atoms with E-state index in [1.165, 1.54) is 18.2 Å². The molecule has 2 aromatic carbocycles. The van der Waals surface area contributed by atoms with Gasteiger partial charge in [0.05, 0.1) is 6.42 Å². The van der Waals surface area contributed by atoms with Crippen LogP contribution < -0.4 is 5.32 Å². The third-order valence-corrected chi connectivity index (χ3v) is 3.28. The Hall–Kier alpha value is -2.76. The van der Waals surface area contributed by atoms with Crippen LogP contribution in [0.4, 0.5) is 18.9 Å². The molecule has 0 bridgehead atoms. The van der Waals surface area contributed by atoms with Gasteiger partial charge in [0.15, 0.2) is 11.6 Å². The van der Waals surface area contributed by atoms with Gasteiger partial charge < -0.3 is 10.3 Å². The van der Waals surface area contributed by atoms with Crippen molar-refractivity contribution in [3.05, 3.63) is 65.6 Å². The Bertz CT molecular complexity index is 858. The number of hydrogen-bond acceptors (Lipinski definition) is 1. The summed E-state index contributed by atoms with van der Waals surface area (Å²) in [5.41, 5.74) is 1.46. The third-order valence-electron chi connectivity index (χ3n) is 3.28. The number of fused-ring (bicyclic) bond motifs is 1. The number of anilines is 1. The van der Waals surface area contributed by atoms with Gasteiger partial charge in [-0.2, -0.15) is 0 Å². The van der Waals surface area contributed by atoms with E-state index in [-0.39, 0.29) is 23.8 Å². The molecule has 0 spiro atoms. The maximum absolute atomic E-state index is 13.1. The summed E-state index contributed by atoms with van der Waals surface area (Å²) < 4.78 is 39.0. The fourth-order valence-corrected chi connectivity index (χ4v) is 2.26. The number of nitrogens with one attached hydrogen (secondary N) is 2. The van der Waals surface area contributed by atoms with E-state index in [4.69, 9.17) is 0 Å². The number of carbonyl (C=O) groups excluding carboxylic acids is 1. The van der Waals surface area contributed by atoms with Crippen LogP contribution in [0.15, 0.2) is 42.6 Å². The van der Waals surface area contributed by atoms with Gasteiger partial charge in [-0.05, 0) is 35.9 Å². The molecular formula is C16H11F3N2O. The molecule has 0 aliphatic rings. The molecule has 3 nitrogen and oxygen atoms in total. The fourth-order valence-electron chi connectivity index (χ4n) is 2.26. The number of carbonyl (C=O) groups is 1. The van der Waals surface area contributed by atoms with Crippen molar-refractivity contribution in [1.82, 2.24) is 4.98 Å². The molecule has 0 aliphatic carbocycles. The minimum atomic E-state index is -1.03. The van der Waals surface area contributed by atoms with E-state index >= 15 is 0 Å². The SMILES string of the molecule is O=C(Cc1c[nH]c2cc(F)ccc12)Nc1ccc(F)c(F)c1. The minimum absolute atomic E-state index is 0.0324. The second-order valence-corrected chi connectivity index (χ2v) is 4.86. The molecular weight excluding hydrogens is 293 g/mol. The monoisotopic (exact) mass is 304 g/mol. The lowest BCUT2D eigenvalue weighted by molar-refractivity contribution is -0.115. The van der Waals surface area contributed by atoms with Gasteiger partial charge in [-0.25, -0.2) is 13.2 Å². The maximum Gasteiger partial charge on any atom is 0.228 e. The van der Waals surface area contributed by atoms with Gasteiger partial charge in [-0.3, -0.25) is 4.79 Å². The Morgan fingerprint density at radius 2 is 1.86 bits per heavy atom. The number of rotatable bonds is 3. The molecule has 0 saturated carbocycles. The van der Waals surface area contributed by atoms with Crippen molar-refractivity contribution < 1.29 is 18.0 Å². The van der Waals surface area contributed by atoms with Crippen LogP contribution in [-0.2, 0) is 11.2 Å². The highest BCUT2D eigenvalue weighted by molar-refractivity contribution is 5.95. The van der Waals surface area contributed by atoms with E-state index in [1.807, 2.05) is 0 Å².